The molecule has 0 aromatic carbocycles. The van der Waals surface area contributed by atoms with Crippen molar-refractivity contribution in [3.63, 3.8) is 0 Å². The van der Waals surface area contributed by atoms with Crippen molar-refractivity contribution >= 4 is 16.4 Å². The number of hydrogen-bond acceptors (Lipinski definition) is 5. The lowest BCUT2D eigenvalue weighted by Crippen LogP contribution is -2.74. The van der Waals surface area contributed by atoms with Gasteiger partial charge in [-0.2, -0.15) is 69.9 Å². The highest BCUT2D eigenvalue weighted by Gasteiger charge is 2.94. The second-order valence-corrected chi connectivity index (χ2v) is 7.52. The van der Waals surface area contributed by atoms with Crippen LogP contribution in [-0.4, -0.2) is 72.9 Å². The van der Waals surface area contributed by atoms with Gasteiger partial charge in [0, 0.05) is 0 Å². The van der Waals surface area contributed by atoms with E-state index in [4.69, 9.17) is 4.55 Å². The van der Waals surface area contributed by atoms with Gasteiger partial charge in [0.1, 0.15) is 0 Å². The molecule has 0 spiro atoms. The van der Waals surface area contributed by atoms with Gasteiger partial charge in [0.15, 0.2) is 12.3 Å². The predicted molar refractivity (Wildman–Crippen MR) is 78.0 cm³/mol. The minimum absolute atomic E-state index is 0.00499. The Labute approximate surface area is 184 Å². The van der Waals surface area contributed by atoms with Crippen LogP contribution in [-0.2, 0) is 24.1 Å². The number of rotatable bonds is 12. The summed E-state index contributed by atoms with van der Waals surface area (Å²) in [4.78, 5) is 11.1. The van der Waals surface area contributed by atoms with Gasteiger partial charge < -0.3 is 4.74 Å². The van der Waals surface area contributed by atoms with Crippen molar-refractivity contribution in [3.05, 3.63) is 0 Å². The number of esters is 1. The van der Waals surface area contributed by atoms with Crippen LogP contribution in [0.2, 0.25) is 0 Å². The van der Waals surface area contributed by atoms with E-state index in [0.29, 0.717) is 0 Å². The molecule has 6 nitrogen and oxygen atoms in total. The van der Waals surface area contributed by atoms with Gasteiger partial charge in [-0.25, -0.2) is 13.4 Å². The average Bonchev–Trinajstić information content (AvgIpc) is 2.64. The fourth-order valence-corrected chi connectivity index (χ4v) is 2.38. The fourth-order valence-electron chi connectivity index (χ4n) is 1.93. The molecule has 0 rings (SSSR count). The highest BCUT2D eigenvalue weighted by molar-refractivity contribution is 7.80. The van der Waals surface area contributed by atoms with Crippen LogP contribution in [0.1, 0.15) is 20.3 Å². The molecular formula is C13H11F15O6S. The topological polar surface area (TPSA) is 89.9 Å². The summed E-state index contributed by atoms with van der Waals surface area (Å²) < 4.78 is 236. The normalized spacial score (nSPS) is 17.2. The smallest absolute Gasteiger partial charge is 0.394 e. The summed E-state index contributed by atoms with van der Waals surface area (Å²) in [7, 11) is -5.76. The molecule has 210 valence electrons. The first kappa shape index (κ1) is 33.3. The zero-order chi connectivity index (χ0) is 28.9. The quantitative estimate of drug-likeness (QED) is 0.201. The second kappa shape index (κ2) is 9.30. The van der Waals surface area contributed by atoms with Crippen LogP contribution in [0.5, 0.6) is 0 Å². The van der Waals surface area contributed by atoms with Gasteiger partial charge in [-0.15, -0.1) is 0 Å². The summed E-state index contributed by atoms with van der Waals surface area (Å²) in [5.41, 5.74) is 0. The van der Waals surface area contributed by atoms with Crippen molar-refractivity contribution < 1.29 is 92.5 Å². The van der Waals surface area contributed by atoms with Crippen LogP contribution >= 0.6 is 0 Å². The lowest BCUT2D eigenvalue weighted by molar-refractivity contribution is -0.463. The van der Waals surface area contributed by atoms with Crippen molar-refractivity contribution in [1.82, 2.24) is 0 Å². The second-order valence-electron chi connectivity index (χ2n) is 6.47. The van der Waals surface area contributed by atoms with E-state index in [0.717, 1.165) is 0 Å². The van der Waals surface area contributed by atoms with Crippen molar-refractivity contribution in [3.8, 4) is 0 Å². The number of halogens is 15. The lowest BCUT2D eigenvalue weighted by atomic mass is 9.89. The average molecular weight is 580 g/mol. The predicted octanol–water partition coefficient (Wildman–Crippen LogP) is 4.89. The molecule has 0 aliphatic heterocycles. The lowest BCUT2D eigenvalue weighted by Gasteiger charge is -2.42. The van der Waals surface area contributed by atoms with Gasteiger partial charge in [-0.1, -0.05) is 6.92 Å². The van der Waals surface area contributed by atoms with E-state index in [1.54, 1.807) is 0 Å². The maximum Gasteiger partial charge on any atom is 0.473 e. The molecular weight excluding hydrogens is 569 g/mol. The Bertz CT molecular complexity index is 888. The van der Waals surface area contributed by atoms with E-state index in [2.05, 4.69) is 8.92 Å². The molecule has 0 bridgehead atoms. The van der Waals surface area contributed by atoms with Gasteiger partial charge in [-0.3, -0.25) is 4.55 Å². The van der Waals surface area contributed by atoms with Crippen molar-refractivity contribution in [2.75, 3.05) is 0 Å². The van der Waals surface area contributed by atoms with E-state index in [1.165, 1.54) is 0 Å². The molecule has 1 N–H and O–H groups in total. The molecule has 35 heavy (non-hydrogen) atoms. The molecule has 0 fully saturated rings. The van der Waals surface area contributed by atoms with Crippen LogP contribution in [0.3, 0.4) is 0 Å². The van der Waals surface area contributed by atoms with Gasteiger partial charge >= 0.3 is 58.0 Å². The van der Waals surface area contributed by atoms with Gasteiger partial charge in [0.05, 0.1) is 0 Å². The van der Waals surface area contributed by atoms with Crippen molar-refractivity contribution in [1.29, 1.82) is 0 Å². The van der Waals surface area contributed by atoms with Gasteiger partial charge in [-0.05, 0) is 13.3 Å². The Hall–Kier alpha value is -1.71. The van der Waals surface area contributed by atoms with Crippen LogP contribution in [0.15, 0.2) is 0 Å². The minimum atomic E-state index is -8.53. The molecule has 22 heteroatoms. The van der Waals surface area contributed by atoms with E-state index in [-0.39, 0.29) is 13.8 Å². The van der Waals surface area contributed by atoms with Crippen LogP contribution in [0, 0.1) is 0 Å². The number of hydrogen-bond donors (Lipinski definition) is 1. The van der Waals surface area contributed by atoms with Crippen molar-refractivity contribution in [2.45, 2.75) is 74.2 Å². The molecule has 0 aromatic heterocycles. The zero-order valence-corrected chi connectivity index (χ0v) is 17.2. The Morgan fingerprint density at radius 1 is 0.771 bits per heavy atom. The third kappa shape index (κ3) is 5.37. The molecule has 0 aliphatic carbocycles. The maximum absolute atomic E-state index is 13.6. The molecule has 0 aromatic rings. The summed E-state index contributed by atoms with van der Waals surface area (Å²) in [5.74, 6) is -51.5. The zero-order valence-electron chi connectivity index (χ0n) is 16.4. The van der Waals surface area contributed by atoms with E-state index in [9.17, 15) is 79.1 Å². The van der Waals surface area contributed by atoms with Crippen LogP contribution < -0.4 is 0 Å². The summed E-state index contributed by atoms with van der Waals surface area (Å²) in [6, 6.07) is 0. The summed E-state index contributed by atoms with van der Waals surface area (Å²) >= 11 is 0. The molecule has 0 amide bonds. The number of carbonyl (C=O) groups excluding carboxylic acids is 1. The van der Waals surface area contributed by atoms with Crippen LogP contribution in [0.25, 0.3) is 0 Å². The largest absolute Gasteiger partial charge is 0.473 e. The highest BCUT2D eigenvalue weighted by Crippen LogP contribution is 2.62. The Balaban J connectivity index is 6.51. The molecule has 0 heterocycles. The third-order valence-corrected chi connectivity index (χ3v) is 4.47. The maximum atomic E-state index is 13.6. The van der Waals surface area contributed by atoms with Crippen LogP contribution in [0.4, 0.5) is 65.9 Å². The molecule has 0 aliphatic rings. The third-order valence-electron chi connectivity index (χ3n) is 3.94. The first-order valence-corrected chi connectivity index (χ1v) is 9.53. The Kier molecular flexibility index (Phi) is 8.85. The Morgan fingerprint density at radius 3 is 1.46 bits per heavy atom. The number of ether oxygens (including phenoxy) is 1. The first-order valence-electron chi connectivity index (χ1n) is 8.16. The summed E-state index contributed by atoms with van der Waals surface area (Å²) in [6.07, 6.45) is -16.8. The highest BCUT2D eigenvalue weighted by atomic mass is 32.3. The van der Waals surface area contributed by atoms with E-state index < -0.39 is 76.7 Å². The molecule has 2 atom stereocenters. The van der Waals surface area contributed by atoms with E-state index in [1.807, 2.05) is 0 Å². The number of carbonyl (C=O) groups is 1. The molecule has 0 saturated carbocycles. The monoisotopic (exact) mass is 580 g/mol. The fraction of sp³-hybridized carbons (Fsp3) is 0.923. The molecule has 0 radical (unpaired) electrons. The molecule has 0 saturated heterocycles. The number of alkyl halides is 15. The molecule has 2 unspecified atom stereocenters. The van der Waals surface area contributed by atoms with E-state index >= 15 is 0 Å². The summed E-state index contributed by atoms with van der Waals surface area (Å²) in [5, 5.41) is 0. The minimum Gasteiger partial charge on any atom is -0.394 e. The summed E-state index contributed by atoms with van der Waals surface area (Å²) in [6.45, 7) is 0.254. The van der Waals surface area contributed by atoms with Gasteiger partial charge in [0.25, 0.3) is 0 Å². The standard InChI is InChI=1S/C13H11F15O6S/c1-3-5(14)7(15,16)8(17,18)9(19,20)10(21,22)11(23,24)12(25,26)13(27,28)33-6(29)4(2)34-35(30,31)32/h4-5H,3H2,1-2H3,(H,30,31,32). The first-order chi connectivity index (χ1) is 15.0. The van der Waals surface area contributed by atoms with Crippen molar-refractivity contribution in [2.24, 2.45) is 0 Å². The SMILES string of the molecule is CCC(F)C(F)(F)C(F)(F)C(F)(F)C(F)(F)C(F)(F)C(F)(F)C(F)(F)OC(=O)C(C)OS(=O)(=O)O. The Morgan fingerprint density at radius 2 is 1.11 bits per heavy atom. The van der Waals surface area contributed by atoms with Gasteiger partial charge in [0.2, 0.25) is 0 Å².